The summed E-state index contributed by atoms with van der Waals surface area (Å²) < 4.78 is 13.8. The van der Waals surface area contributed by atoms with Crippen LogP contribution in [0.2, 0.25) is 0 Å². The van der Waals surface area contributed by atoms with Crippen LogP contribution >= 0.6 is 0 Å². The lowest BCUT2D eigenvalue weighted by Crippen LogP contribution is -2.23. The maximum absolute atomic E-state index is 13.8. The van der Waals surface area contributed by atoms with Crippen LogP contribution in [0.3, 0.4) is 0 Å². The molecule has 90 valence electrons. The molecule has 1 heterocycles. The topological polar surface area (TPSA) is 3.24 Å². The molecule has 1 aliphatic rings. The highest BCUT2D eigenvalue weighted by atomic mass is 19.1. The number of rotatable bonds is 2. The van der Waals surface area contributed by atoms with E-state index in [0.29, 0.717) is 12.0 Å². The van der Waals surface area contributed by atoms with E-state index in [4.69, 9.17) is 6.42 Å². The quantitative estimate of drug-likeness (QED) is 0.705. The third-order valence-electron chi connectivity index (χ3n) is 3.30. The molecule has 0 N–H and O–H groups in total. The molecule has 17 heavy (non-hydrogen) atoms. The molecule has 0 amide bonds. The predicted octanol–water partition coefficient (Wildman–Crippen LogP) is 3.38. The number of hydrogen-bond acceptors (Lipinski definition) is 1. The summed E-state index contributed by atoms with van der Waals surface area (Å²) in [5, 5.41) is 0. The molecule has 1 aromatic rings. The first-order valence-corrected chi connectivity index (χ1v) is 6.28. The van der Waals surface area contributed by atoms with Gasteiger partial charge in [0.15, 0.2) is 0 Å². The highest BCUT2D eigenvalue weighted by molar-refractivity contribution is 5.48. The van der Waals surface area contributed by atoms with Gasteiger partial charge in [0, 0.05) is 25.2 Å². The van der Waals surface area contributed by atoms with Gasteiger partial charge in [-0.15, -0.1) is 12.3 Å². The molecule has 1 saturated heterocycles. The van der Waals surface area contributed by atoms with Gasteiger partial charge >= 0.3 is 0 Å². The average Bonchev–Trinajstić information content (AvgIpc) is 2.60. The minimum absolute atomic E-state index is 0.176. The lowest BCUT2D eigenvalue weighted by Gasteiger charge is -2.23. The van der Waals surface area contributed by atoms with Gasteiger partial charge in [0.1, 0.15) is 5.82 Å². The fraction of sp³-hybridized carbons (Fsp3) is 0.467. The van der Waals surface area contributed by atoms with Crippen molar-refractivity contribution in [2.24, 2.45) is 0 Å². The fourth-order valence-corrected chi connectivity index (χ4v) is 2.32. The number of benzene rings is 1. The Bertz CT molecular complexity index is 411. The van der Waals surface area contributed by atoms with Crippen molar-refractivity contribution in [3.63, 3.8) is 0 Å². The van der Waals surface area contributed by atoms with Crippen LogP contribution in [0.25, 0.3) is 0 Å². The summed E-state index contributed by atoms with van der Waals surface area (Å²) in [7, 11) is 0. The zero-order valence-corrected chi connectivity index (χ0v) is 10.1. The van der Waals surface area contributed by atoms with Crippen LogP contribution in [-0.4, -0.2) is 13.1 Å². The van der Waals surface area contributed by atoms with Crippen molar-refractivity contribution in [3.8, 4) is 12.3 Å². The van der Waals surface area contributed by atoms with Gasteiger partial charge in [-0.2, -0.15) is 0 Å². The van der Waals surface area contributed by atoms with Crippen molar-refractivity contribution in [2.75, 3.05) is 18.0 Å². The van der Waals surface area contributed by atoms with E-state index in [1.54, 1.807) is 6.07 Å². The van der Waals surface area contributed by atoms with Crippen molar-refractivity contribution in [1.29, 1.82) is 0 Å². The van der Waals surface area contributed by atoms with Crippen LogP contribution in [0.15, 0.2) is 18.2 Å². The highest BCUT2D eigenvalue weighted by Gasteiger charge is 2.11. The Morgan fingerprint density at radius 3 is 2.47 bits per heavy atom. The van der Waals surface area contributed by atoms with E-state index in [2.05, 4.69) is 10.8 Å². The summed E-state index contributed by atoms with van der Waals surface area (Å²) in [6.07, 6.45) is 10.5. The zero-order valence-electron chi connectivity index (χ0n) is 10.1. The lowest BCUT2D eigenvalue weighted by molar-refractivity contribution is 0.614. The van der Waals surface area contributed by atoms with Gasteiger partial charge in [0.05, 0.1) is 0 Å². The van der Waals surface area contributed by atoms with Crippen LogP contribution in [0.5, 0.6) is 0 Å². The summed E-state index contributed by atoms with van der Waals surface area (Å²) in [5.41, 5.74) is 1.61. The number of anilines is 1. The Labute approximate surface area is 103 Å². The first-order valence-electron chi connectivity index (χ1n) is 6.28. The van der Waals surface area contributed by atoms with Gasteiger partial charge in [0.25, 0.3) is 0 Å². The molecule has 0 bridgehead atoms. The van der Waals surface area contributed by atoms with Crippen LogP contribution in [0, 0.1) is 18.2 Å². The minimum atomic E-state index is -0.176. The SMILES string of the molecule is C#CCc1ccc(N2CCCCCC2)cc1F. The van der Waals surface area contributed by atoms with E-state index in [0.717, 1.165) is 18.8 Å². The number of terminal acetylenes is 1. The van der Waals surface area contributed by atoms with Gasteiger partial charge in [-0.25, -0.2) is 4.39 Å². The first kappa shape index (κ1) is 12.0. The molecule has 0 atom stereocenters. The predicted molar refractivity (Wildman–Crippen MR) is 69.6 cm³/mol. The molecular formula is C15H18FN. The van der Waals surface area contributed by atoms with E-state index in [9.17, 15) is 4.39 Å². The second kappa shape index (κ2) is 5.72. The highest BCUT2D eigenvalue weighted by Crippen LogP contribution is 2.22. The van der Waals surface area contributed by atoms with Crippen molar-refractivity contribution < 1.29 is 4.39 Å². The molecule has 1 nitrogen and oxygen atoms in total. The monoisotopic (exact) mass is 231 g/mol. The molecule has 2 rings (SSSR count). The average molecular weight is 231 g/mol. The van der Waals surface area contributed by atoms with E-state index in [-0.39, 0.29) is 5.82 Å². The summed E-state index contributed by atoms with van der Waals surface area (Å²) >= 11 is 0. The molecule has 0 saturated carbocycles. The van der Waals surface area contributed by atoms with E-state index < -0.39 is 0 Å². The largest absolute Gasteiger partial charge is 0.371 e. The molecule has 0 aliphatic carbocycles. The molecule has 1 aromatic carbocycles. The summed E-state index contributed by atoms with van der Waals surface area (Å²) in [4.78, 5) is 2.27. The standard InChI is InChI=1S/C15H18FN/c1-2-7-13-8-9-14(12-15(13)16)17-10-5-3-4-6-11-17/h1,8-9,12H,3-7,10-11H2. The van der Waals surface area contributed by atoms with Gasteiger partial charge in [0.2, 0.25) is 0 Å². The molecule has 0 aromatic heterocycles. The van der Waals surface area contributed by atoms with E-state index >= 15 is 0 Å². The molecule has 2 heteroatoms. The van der Waals surface area contributed by atoms with Gasteiger partial charge < -0.3 is 4.90 Å². The number of hydrogen-bond donors (Lipinski definition) is 0. The lowest BCUT2D eigenvalue weighted by atomic mass is 10.1. The Morgan fingerprint density at radius 1 is 1.18 bits per heavy atom. The van der Waals surface area contributed by atoms with Crippen LogP contribution in [-0.2, 0) is 6.42 Å². The Balaban J connectivity index is 2.15. The molecule has 0 radical (unpaired) electrons. The fourth-order valence-electron chi connectivity index (χ4n) is 2.32. The van der Waals surface area contributed by atoms with Crippen LogP contribution in [0.4, 0.5) is 10.1 Å². The van der Waals surface area contributed by atoms with Crippen molar-refractivity contribution >= 4 is 5.69 Å². The van der Waals surface area contributed by atoms with E-state index in [1.807, 2.05) is 12.1 Å². The molecule has 1 fully saturated rings. The van der Waals surface area contributed by atoms with Crippen molar-refractivity contribution in [2.45, 2.75) is 32.1 Å². The normalized spacial score (nSPS) is 16.4. The van der Waals surface area contributed by atoms with Crippen LogP contribution in [0.1, 0.15) is 31.2 Å². The smallest absolute Gasteiger partial charge is 0.129 e. The second-order valence-corrected chi connectivity index (χ2v) is 4.56. The van der Waals surface area contributed by atoms with Gasteiger partial charge in [-0.3, -0.25) is 0 Å². The third kappa shape index (κ3) is 3.00. The Kier molecular flexibility index (Phi) is 4.03. The molecule has 0 unspecified atom stereocenters. The summed E-state index contributed by atoms with van der Waals surface area (Å²) in [5.74, 6) is 2.30. The Hall–Kier alpha value is -1.49. The molecular weight excluding hydrogens is 213 g/mol. The second-order valence-electron chi connectivity index (χ2n) is 4.56. The van der Waals surface area contributed by atoms with Crippen molar-refractivity contribution in [3.05, 3.63) is 29.6 Å². The molecule has 0 spiro atoms. The third-order valence-corrected chi connectivity index (χ3v) is 3.30. The zero-order chi connectivity index (χ0) is 12.1. The van der Waals surface area contributed by atoms with Crippen molar-refractivity contribution in [1.82, 2.24) is 0 Å². The van der Waals surface area contributed by atoms with Crippen LogP contribution < -0.4 is 4.90 Å². The summed E-state index contributed by atoms with van der Waals surface area (Å²) in [6.45, 7) is 2.07. The maximum atomic E-state index is 13.8. The number of halogens is 1. The number of nitrogens with zero attached hydrogens (tertiary/aromatic N) is 1. The first-order chi connectivity index (χ1) is 8.31. The van der Waals surface area contributed by atoms with E-state index in [1.165, 1.54) is 25.7 Å². The minimum Gasteiger partial charge on any atom is -0.371 e. The van der Waals surface area contributed by atoms with Gasteiger partial charge in [-0.1, -0.05) is 18.9 Å². The summed E-state index contributed by atoms with van der Waals surface area (Å²) in [6, 6.07) is 5.43. The maximum Gasteiger partial charge on any atom is 0.129 e. The molecule has 1 aliphatic heterocycles. The van der Waals surface area contributed by atoms with Gasteiger partial charge in [-0.05, 0) is 30.5 Å². The Morgan fingerprint density at radius 2 is 1.88 bits per heavy atom.